The Hall–Kier alpha value is -0.990. The van der Waals surface area contributed by atoms with Crippen molar-refractivity contribution in [3.05, 3.63) is 35.7 Å². The molecule has 0 aliphatic heterocycles. The van der Waals surface area contributed by atoms with Crippen LogP contribution in [0.15, 0.2) is 35.7 Å². The second-order valence-electron chi connectivity index (χ2n) is 3.60. The van der Waals surface area contributed by atoms with Crippen LogP contribution in [0.5, 0.6) is 0 Å². The Balaban J connectivity index is 3.83. The topological polar surface area (TPSA) is 0 Å². The summed E-state index contributed by atoms with van der Waals surface area (Å²) in [6.07, 6.45) is 6.63. The molecule has 0 bridgehead atoms. The van der Waals surface area contributed by atoms with Gasteiger partial charge in [0.25, 0.3) is 6.43 Å². The van der Waals surface area contributed by atoms with Crippen LogP contribution in [0.25, 0.3) is 0 Å². The van der Waals surface area contributed by atoms with E-state index >= 15 is 0 Å². The Labute approximate surface area is 95.5 Å². The van der Waals surface area contributed by atoms with Gasteiger partial charge in [0.2, 0.25) is 0 Å². The average Bonchev–Trinajstić information content (AvgIpc) is 2.25. The van der Waals surface area contributed by atoms with Crippen molar-refractivity contribution in [1.29, 1.82) is 0 Å². The molecule has 0 nitrogen and oxygen atoms in total. The van der Waals surface area contributed by atoms with Crippen molar-refractivity contribution in [3.63, 3.8) is 0 Å². The van der Waals surface area contributed by atoms with E-state index in [0.29, 0.717) is 6.42 Å². The predicted octanol–water partition coefficient (Wildman–Crippen LogP) is 5.19. The van der Waals surface area contributed by atoms with Gasteiger partial charge in [-0.1, -0.05) is 24.3 Å². The van der Waals surface area contributed by atoms with Crippen LogP contribution in [0.4, 0.5) is 13.2 Å². The lowest BCUT2D eigenvalue weighted by Crippen LogP contribution is -1.91. The highest BCUT2D eigenvalue weighted by atomic mass is 19.3. The highest BCUT2D eigenvalue weighted by Gasteiger charge is 2.04. The first-order valence-corrected chi connectivity index (χ1v) is 5.48. The van der Waals surface area contributed by atoms with Crippen LogP contribution in [-0.4, -0.2) is 6.43 Å². The second kappa shape index (κ2) is 9.25. The molecule has 0 aliphatic carbocycles. The van der Waals surface area contributed by atoms with Crippen molar-refractivity contribution >= 4 is 0 Å². The minimum Gasteiger partial charge on any atom is -0.212 e. The lowest BCUT2D eigenvalue weighted by atomic mass is 10.2. The van der Waals surface area contributed by atoms with Crippen molar-refractivity contribution in [2.75, 3.05) is 0 Å². The normalized spacial score (nSPS) is 14.1. The molecule has 0 radical (unpaired) electrons. The lowest BCUT2D eigenvalue weighted by molar-refractivity contribution is 0.189. The maximum absolute atomic E-state index is 13.1. The van der Waals surface area contributed by atoms with Crippen LogP contribution in [0.3, 0.4) is 0 Å². The zero-order chi connectivity index (χ0) is 12.4. The number of hydrogen-bond donors (Lipinski definition) is 0. The molecular weight excluding hydrogens is 213 g/mol. The summed E-state index contributed by atoms with van der Waals surface area (Å²) in [5.74, 6) is -0.333. The molecule has 0 rings (SSSR count). The number of rotatable bonds is 7. The Morgan fingerprint density at radius 3 is 2.44 bits per heavy atom. The van der Waals surface area contributed by atoms with Crippen LogP contribution in [0, 0.1) is 0 Å². The smallest absolute Gasteiger partial charge is 0.212 e. The molecule has 0 N–H and O–H groups in total. The summed E-state index contributed by atoms with van der Waals surface area (Å²) in [5, 5.41) is 0. The predicted molar refractivity (Wildman–Crippen MR) is 62.2 cm³/mol. The van der Waals surface area contributed by atoms with E-state index in [1.165, 1.54) is 19.1 Å². The summed E-state index contributed by atoms with van der Waals surface area (Å²) in [6, 6.07) is 0. The van der Waals surface area contributed by atoms with E-state index in [1.807, 2.05) is 19.1 Å². The number of hydrogen-bond acceptors (Lipinski definition) is 0. The van der Waals surface area contributed by atoms with Crippen molar-refractivity contribution < 1.29 is 13.2 Å². The van der Waals surface area contributed by atoms with E-state index in [0.717, 1.165) is 12.8 Å². The molecule has 0 unspecified atom stereocenters. The molecule has 0 aromatic rings. The largest absolute Gasteiger partial charge is 0.259 e. The van der Waals surface area contributed by atoms with Gasteiger partial charge < -0.3 is 0 Å². The highest BCUT2D eigenvalue weighted by Crippen LogP contribution is 2.13. The summed E-state index contributed by atoms with van der Waals surface area (Å²) in [6.45, 7) is 3.25. The maximum atomic E-state index is 13.1. The molecule has 92 valence electrons. The fraction of sp³-hybridized carbons (Fsp3) is 0.538. The van der Waals surface area contributed by atoms with Gasteiger partial charge in [-0.25, -0.2) is 13.2 Å². The zero-order valence-corrected chi connectivity index (χ0v) is 9.85. The highest BCUT2D eigenvalue weighted by molar-refractivity contribution is 5.07. The number of halogens is 3. The number of allylic oxidation sites excluding steroid dienone is 6. The molecule has 0 saturated heterocycles. The zero-order valence-electron chi connectivity index (χ0n) is 9.85. The Morgan fingerprint density at radius 1 is 1.19 bits per heavy atom. The van der Waals surface area contributed by atoms with E-state index in [4.69, 9.17) is 0 Å². The van der Waals surface area contributed by atoms with Crippen LogP contribution < -0.4 is 0 Å². The van der Waals surface area contributed by atoms with Crippen LogP contribution in [0.1, 0.15) is 39.5 Å². The first-order chi connectivity index (χ1) is 7.57. The van der Waals surface area contributed by atoms with Gasteiger partial charge in [-0.3, -0.25) is 0 Å². The summed E-state index contributed by atoms with van der Waals surface area (Å²) >= 11 is 0. The van der Waals surface area contributed by atoms with Gasteiger partial charge in [-0.15, -0.1) is 0 Å². The first-order valence-electron chi connectivity index (χ1n) is 5.48. The Morgan fingerprint density at radius 2 is 1.88 bits per heavy atom. The minimum absolute atomic E-state index is 0.0280. The van der Waals surface area contributed by atoms with Crippen LogP contribution in [0.2, 0.25) is 0 Å². The van der Waals surface area contributed by atoms with Crippen molar-refractivity contribution in [2.45, 2.75) is 46.0 Å². The van der Waals surface area contributed by atoms with Crippen LogP contribution >= 0.6 is 0 Å². The molecular formula is C13H19F3. The summed E-state index contributed by atoms with van der Waals surface area (Å²) in [5.41, 5.74) is -0.0718. The Bertz CT molecular complexity index is 262. The van der Waals surface area contributed by atoms with E-state index in [9.17, 15) is 13.2 Å². The second-order valence-corrected chi connectivity index (χ2v) is 3.60. The van der Waals surface area contributed by atoms with E-state index in [1.54, 1.807) is 0 Å². The number of unbranched alkanes of at least 4 members (excludes halogenated alkanes) is 2. The van der Waals surface area contributed by atoms with Crippen molar-refractivity contribution in [1.82, 2.24) is 0 Å². The molecule has 0 aliphatic rings. The molecule has 0 heterocycles. The molecule has 3 heteroatoms. The van der Waals surface area contributed by atoms with Gasteiger partial charge in [-0.2, -0.15) is 0 Å². The minimum atomic E-state index is -2.48. The fourth-order valence-electron chi connectivity index (χ4n) is 1.09. The van der Waals surface area contributed by atoms with Gasteiger partial charge in [0.1, 0.15) is 0 Å². The van der Waals surface area contributed by atoms with Crippen molar-refractivity contribution in [2.24, 2.45) is 0 Å². The molecule has 0 spiro atoms. The standard InChI is InChI=1S/C13H19F3/c1-3-4-5-6-7-8-12(14)10-9-11(2)13(15)16/h3-4,8-9,13H,5-7,10H2,1-2H3/b4-3-,11-9-,12-8-. The quantitative estimate of drug-likeness (QED) is 0.418. The van der Waals surface area contributed by atoms with Gasteiger partial charge in [0, 0.05) is 6.42 Å². The van der Waals surface area contributed by atoms with Gasteiger partial charge in [-0.05, 0) is 38.7 Å². The maximum Gasteiger partial charge on any atom is 0.259 e. The van der Waals surface area contributed by atoms with E-state index in [-0.39, 0.29) is 17.8 Å². The van der Waals surface area contributed by atoms with Gasteiger partial charge >= 0.3 is 0 Å². The summed E-state index contributed by atoms with van der Waals surface area (Å²) in [7, 11) is 0. The van der Waals surface area contributed by atoms with E-state index in [2.05, 4.69) is 0 Å². The fourth-order valence-corrected chi connectivity index (χ4v) is 1.09. The third-order valence-corrected chi connectivity index (χ3v) is 2.14. The monoisotopic (exact) mass is 232 g/mol. The van der Waals surface area contributed by atoms with E-state index < -0.39 is 6.43 Å². The average molecular weight is 232 g/mol. The van der Waals surface area contributed by atoms with Gasteiger partial charge in [0.05, 0.1) is 5.83 Å². The van der Waals surface area contributed by atoms with Gasteiger partial charge in [0.15, 0.2) is 0 Å². The molecule has 0 saturated carbocycles. The summed E-state index contributed by atoms with van der Waals surface area (Å²) < 4.78 is 37.2. The SMILES string of the molecule is C/C=C\CCC/C=C(\F)C/C=C(/C)C(F)F. The molecule has 0 fully saturated rings. The number of alkyl halides is 2. The molecule has 16 heavy (non-hydrogen) atoms. The molecule has 0 aromatic heterocycles. The molecule has 0 atom stereocenters. The third kappa shape index (κ3) is 8.33. The first kappa shape index (κ1) is 15.0. The van der Waals surface area contributed by atoms with Crippen LogP contribution in [-0.2, 0) is 0 Å². The summed E-state index contributed by atoms with van der Waals surface area (Å²) in [4.78, 5) is 0. The Kier molecular flexibility index (Phi) is 8.68. The lowest BCUT2D eigenvalue weighted by Gasteiger charge is -1.98. The molecule has 0 aromatic carbocycles. The van der Waals surface area contributed by atoms with Crippen molar-refractivity contribution in [3.8, 4) is 0 Å². The third-order valence-electron chi connectivity index (χ3n) is 2.14. The molecule has 0 amide bonds.